The Morgan fingerprint density at radius 3 is 2.52 bits per heavy atom. The molecule has 1 N–H and O–H groups in total. The largest absolute Gasteiger partial charge is 0.352 e. The number of nitrogens with zero attached hydrogens (tertiary/aromatic N) is 4. The van der Waals surface area contributed by atoms with Crippen molar-refractivity contribution in [3.63, 3.8) is 0 Å². The molecule has 1 saturated carbocycles. The summed E-state index contributed by atoms with van der Waals surface area (Å²) in [4.78, 5) is 30.1. The van der Waals surface area contributed by atoms with E-state index in [2.05, 4.69) is 21.2 Å². The Hall–Kier alpha value is -1.65. The molecule has 0 aromatic heterocycles. The minimum Gasteiger partial charge on any atom is -0.352 e. The number of likely N-dealkylation sites (N-methyl/N-ethyl adjacent to an activating group) is 1. The second-order valence-electron chi connectivity index (χ2n) is 6.50. The molecule has 0 aromatic rings. The topological polar surface area (TPSA) is 79.7 Å². The molecule has 23 heavy (non-hydrogen) atoms. The predicted octanol–water partition coefficient (Wildman–Crippen LogP) is -0.357. The van der Waals surface area contributed by atoms with Gasteiger partial charge in [0.05, 0.1) is 25.1 Å². The van der Waals surface area contributed by atoms with E-state index in [-0.39, 0.29) is 17.9 Å². The maximum absolute atomic E-state index is 12.3. The average molecular weight is 321 g/mol. The molecule has 2 amide bonds. The Morgan fingerprint density at radius 2 is 1.96 bits per heavy atom. The second kappa shape index (κ2) is 8.27. The number of piperazine rings is 1. The fraction of sp³-hybridized carbons (Fsp3) is 0.812. The van der Waals surface area contributed by atoms with Gasteiger partial charge in [-0.3, -0.25) is 19.4 Å². The second-order valence-corrected chi connectivity index (χ2v) is 6.50. The number of amides is 2. The van der Waals surface area contributed by atoms with Crippen molar-refractivity contribution in [3.05, 3.63) is 0 Å². The minimum absolute atomic E-state index is 0.0557. The molecule has 2 fully saturated rings. The zero-order valence-electron chi connectivity index (χ0n) is 14.1. The highest BCUT2D eigenvalue weighted by molar-refractivity contribution is 5.81. The summed E-state index contributed by atoms with van der Waals surface area (Å²) in [6.07, 6.45) is 2.58. The first-order valence-corrected chi connectivity index (χ1v) is 8.39. The summed E-state index contributed by atoms with van der Waals surface area (Å²) in [5.74, 6) is 0.168. The van der Waals surface area contributed by atoms with Gasteiger partial charge in [0.2, 0.25) is 11.8 Å². The molecule has 1 unspecified atom stereocenters. The quantitative estimate of drug-likeness (QED) is 0.693. The lowest BCUT2D eigenvalue weighted by Crippen LogP contribution is -2.55. The monoisotopic (exact) mass is 321 g/mol. The van der Waals surface area contributed by atoms with Crippen molar-refractivity contribution in [3.8, 4) is 6.07 Å². The van der Waals surface area contributed by atoms with Crippen molar-refractivity contribution in [2.75, 3.05) is 46.3 Å². The van der Waals surface area contributed by atoms with E-state index in [0.29, 0.717) is 25.6 Å². The molecule has 1 aliphatic heterocycles. The van der Waals surface area contributed by atoms with Crippen molar-refractivity contribution in [1.29, 1.82) is 5.26 Å². The standard InChI is InChI=1S/C16H27N5O2/c1-13(16(23)19(2)7-3-6-17)21-10-8-20(9-11-21)12-15(22)18-14-4-5-14/h13-14H,3-5,7-12H2,1-2H3,(H,18,22). The molecular weight excluding hydrogens is 294 g/mol. The number of nitriles is 1. The van der Waals surface area contributed by atoms with Crippen molar-refractivity contribution < 1.29 is 9.59 Å². The molecule has 2 rings (SSSR count). The molecule has 1 saturated heterocycles. The van der Waals surface area contributed by atoms with E-state index in [1.807, 2.05) is 6.92 Å². The lowest BCUT2D eigenvalue weighted by molar-refractivity contribution is -0.136. The van der Waals surface area contributed by atoms with E-state index in [4.69, 9.17) is 5.26 Å². The van der Waals surface area contributed by atoms with Gasteiger partial charge >= 0.3 is 0 Å². The van der Waals surface area contributed by atoms with Gasteiger partial charge in [-0.25, -0.2) is 0 Å². The van der Waals surface area contributed by atoms with Gasteiger partial charge in [-0.05, 0) is 19.8 Å². The zero-order valence-corrected chi connectivity index (χ0v) is 14.1. The molecular formula is C16H27N5O2. The predicted molar refractivity (Wildman–Crippen MR) is 86.5 cm³/mol. The maximum Gasteiger partial charge on any atom is 0.239 e. The van der Waals surface area contributed by atoms with Crippen LogP contribution in [0.25, 0.3) is 0 Å². The van der Waals surface area contributed by atoms with Crippen LogP contribution in [0.1, 0.15) is 26.2 Å². The van der Waals surface area contributed by atoms with Crippen LogP contribution in [0, 0.1) is 11.3 Å². The lowest BCUT2D eigenvalue weighted by Gasteiger charge is -2.38. The summed E-state index contributed by atoms with van der Waals surface area (Å²) >= 11 is 0. The van der Waals surface area contributed by atoms with Gasteiger partial charge in [0, 0.05) is 45.8 Å². The average Bonchev–Trinajstić information content (AvgIpc) is 3.35. The van der Waals surface area contributed by atoms with Crippen molar-refractivity contribution in [2.24, 2.45) is 0 Å². The fourth-order valence-electron chi connectivity index (χ4n) is 2.82. The number of nitrogens with one attached hydrogen (secondary N) is 1. The minimum atomic E-state index is -0.180. The number of carbonyl (C=O) groups is 2. The van der Waals surface area contributed by atoms with Gasteiger partial charge in [0.25, 0.3) is 0 Å². The molecule has 128 valence electrons. The van der Waals surface area contributed by atoms with Crippen molar-refractivity contribution in [2.45, 2.75) is 38.3 Å². The van der Waals surface area contributed by atoms with E-state index < -0.39 is 0 Å². The summed E-state index contributed by atoms with van der Waals surface area (Å²) in [7, 11) is 1.74. The van der Waals surface area contributed by atoms with E-state index in [1.165, 1.54) is 0 Å². The van der Waals surface area contributed by atoms with Gasteiger partial charge in [0.15, 0.2) is 0 Å². The fourth-order valence-corrected chi connectivity index (χ4v) is 2.82. The summed E-state index contributed by atoms with van der Waals surface area (Å²) in [6.45, 7) is 6.02. The molecule has 0 spiro atoms. The van der Waals surface area contributed by atoms with Crippen LogP contribution in [0.3, 0.4) is 0 Å². The molecule has 1 heterocycles. The van der Waals surface area contributed by atoms with Crippen LogP contribution < -0.4 is 5.32 Å². The summed E-state index contributed by atoms with van der Waals surface area (Å²) < 4.78 is 0. The third kappa shape index (κ3) is 5.48. The Morgan fingerprint density at radius 1 is 1.30 bits per heavy atom. The van der Waals surface area contributed by atoms with E-state index >= 15 is 0 Å². The Labute approximate surface area is 138 Å². The molecule has 1 atom stereocenters. The third-order valence-electron chi connectivity index (χ3n) is 4.56. The molecule has 2 aliphatic rings. The first-order valence-electron chi connectivity index (χ1n) is 8.39. The van der Waals surface area contributed by atoms with Crippen LogP contribution in [-0.4, -0.2) is 84.9 Å². The van der Waals surface area contributed by atoms with Crippen LogP contribution >= 0.6 is 0 Å². The zero-order chi connectivity index (χ0) is 16.8. The van der Waals surface area contributed by atoms with Gasteiger partial charge < -0.3 is 10.2 Å². The smallest absolute Gasteiger partial charge is 0.239 e. The summed E-state index contributed by atoms with van der Waals surface area (Å²) in [5, 5.41) is 11.6. The highest BCUT2D eigenvalue weighted by atomic mass is 16.2. The van der Waals surface area contributed by atoms with Gasteiger partial charge in [-0.2, -0.15) is 5.26 Å². The molecule has 0 aromatic carbocycles. The lowest BCUT2D eigenvalue weighted by atomic mass is 10.2. The third-order valence-corrected chi connectivity index (χ3v) is 4.56. The molecule has 7 heteroatoms. The van der Waals surface area contributed by atoms with E-state index in [0.717, 1.165) is 39.0 Å². The SMILES string of the molecule is CC(C(=O)N(C)CCC#N)N1CCN(CC(=O)NC2CC2)CC1. The molecule has 1 aliphatic carbocycles. The Bertz CT molecular complexity index is 464. The van der Waals surface area contributed by atoms with Gasteiger partial charge in [-0.15, -0.1) is 0 Å². The molecule has 7 nitrogen and oxygen atoms in total. The normalized spacial score (nSPS) is 20.6. The summed E-state index contributed by atoms with van der Waals surface area (Å²) in [6, 6.07) is 2.29. The number of rotatable bonds is 7. The van der Waals surface area contributed by atoms with E-state index in [1.54, 1.807) is 11.9 Å². The highest BCUT2D eigenvalue weighted by Gasteiger charge is 2.29. The van der Waals surface area contributed by atoms with Crippen LogP contribution in [0.2, 0.25) is 0 Å². The Balaban J connectivity index is 1.71. The molecule has 0 radical (unpaired) electrons. The highest BCUT2D eigenvalue weighted by Crippen LogP contribution is 2.18. The van der Waals surface area contributed by atoms with Crippen molar-refractivity contribution in [1.82, 2.24) is 20.0 Å². The number of hydrogen-bond donors (Lipinski definition) is 1. The maximum atomic E-state index is 12.3. The first kappa shape index (κ1) is 17.7. The van der Waals surface area contributed by atoms with Crippen LogP contribution in [0.4, 0.5) is 0 Å². The van der Waals surface area contributed by atoms with Crippen LogP contribution in [0.5, 0.6) is 0 Å². The van der Waals surface area contributed by atoms with Gasteiger partial charge in [0.1, 0.15) is 0 Å². The van der Waals surface area contributed by atoms with Crippen LogP contribution in [-0.2, 0) is 9.59 Å². The summed E-state index contributed by atoms with van der Waals surface area (Å²) in [5.41, 5.74) is 0. The van der Waals surface area contributed by atoms with Crippen molar-refractivity contribution >= 4 is 11.8 Å². The number of hydrogen-bond acceptors (Lipinski definition) is 5. The van der Waals surface area contributed by atoms with Gasteiger partial charge in [-0.1, -0.05) is 0 Å². The first-order chi connectivity index (χ1) is 11.0. The number of carbonyl (C=O) groups excluding carboxylic acids is 2. The van der Waals surface area contributed by atoms with E-state index in [9.17, 15) is 9.59 Å². The molecule has 0 bridgehead atoms. The van der Waals surface area contributed by atoms with Crippen LogP contribution in [0.15, 0.2) is 0 Å². The Kier molecular flexibility index (Phi) is 6.37.